The molecular formula is C10H14N2O2S. The number of aliphatic carboxylic acids is 1. The van der Waals surface area contributed by atoms with E-state index in [1.807, 2.05) is 26.8 Å². The molecule has 0 aliphatic rings. The number of carboxylic acid groups (broad SMARTS) is 1. The van der Waals surface area contributed by atoms with Crippen molar-refractivity contribution in [3.8, 4) is 0 Å². The van der Waals surface area contributed by atoms with Gasteiger partial charge >= 0.3 is 5.97 Å². The quantitative estimate of drug-likeness (QED) is 0.629. The van der Waals surface area contributed by atoms with Crippen LogP contribution in [-0.4, -0.2) is 26.3 Å². The van der Waals surface area contributed by atoms with E-state index in [-0.39, 0.29) is 0 Å². The van der Waals surface area contributed by atoms with Crippen LogP contribution in [0.15, 0.2) is 11.2 Å². The van der Waals surface area contributed by atoms with E-state index in [0.717, 1.165) is 11.4 Å². The molecule has 1 atom stereocenters. The molecule has 0 saturated heterocycles. The molecule has 1 aromatic rings. The molecule has 0 amide bonds. The van der Waals surface area contributed by atoms with Gasteiger partial charge in [0.1, 0.15) is 5.25 Å². The molecule has 0 spiro atoms. The topological polar surface area (TPSA) is 63.1 Å². The van der Waals surface area contributed by atoms with Gasteiger partial charge in [-0.1, -0.05) is 18.7 Å². The fourth-order valence-electron chi connectivity index (χ4n) is 1.18. The lowest BCUT2D eigenvalue weighted by Crippen LogP contribution is -2.15. The molecule has 4 nitrogen and oxygen atoms in total. The van der Waals surface area contributed by atoms with E-state index in [2.05, 4.69) is 9.97 Å². The summed E-state index contributed by atoms with van der Waals surface area (Å²) in [7, 11) is 0. The highest BCUT2D eigenvalue weighted by Gasteiger charge is 2.18. The zero-order valence-electron chi connectivity index (χ0n) is 9.02. The predicted molar refractivity (Wildman–Crippen MR) is 59.1 cm³/mol. The van der Waals surface area contributed by atoms with Gasteiger partial charge in [-0.15, -0.1) is 0 Å². The highest BCUT2D eigenvalue weighted by Crippen LogP contribution is 2.22. The molecule has 1 aromatic heterocycles. The lowest BCUT2D eigenvalue weighted by molar-refractivity contribution is -0.136. The number of hydrogen-bond donors (Lipinski definition) is 1. The van der Waals surface area contributed by atoms with Crippen LogP contribution in [0.1, 0.15) is 24.7 Å². The first-order chi connectivity index (χ1) is 7.02. The number of hydrogen-bond acceptors (Lipinski definition) is 4. The second-order valence-corrected chi connectivity index (χ2v) is 4.46. The van der Waals surface area contributed by atoms with Gasteiger partial charge in [0.25, 0.3) is 0 Å². The third kappa shape index (κ3) is 3.51. The molecule has 1 N–H and O–H groups in total. The number of carbonyl (C=O) groups is 1. The first-order valence-electron chi connectivity index (χ1n) is 4.74. The number of aromatic nitrogens is 2. The van der Waals surface area contributed by atoms with Crippen molar-refractivity contribution >= 4 is 17.7 Å². The summed E-state index contributed by atoms with van der Waals surface area (Å²) in [6.07, 6.45) is 0.566. The first kappa shape index (κ1) is 12.0. The Morgan fingerprint density at radius 1 is 1.47 bits per heavy atom. The Labute approximate surface area is 93.1 Å². The Bertz CT molecular complexity index is 348. The summed E-state index contributed by atoms with van der Waals surface area (Å²) in [5, 5.41) is 8.97. The molecule has 0 aliphatic heterocycles. The van der Waals surface area contributed by atoms with Crippen molar-refractivity contribution in [2.24, 2.45) is 0 Å². The highest BCUT2D eigenvalue weighted by atomic mass is 32.2. The van der Waals surface area contributed by atoms with Gasteiger partial charge in [0.15, 0.2) is 5.16 Å². The van der Waals surface area contributed by atoms with Crippen molar-refractivity contribution in [3.63, 3.8) is 0 Å². The zero-order chi connectivity index (χ0) is 11.4. The zero-order valence-corrected chi connectivity index (χ0v) is 9.84. The monoisotopic (exact) mass is 226 g/mol. The molecule has 5 heteroatoms. The van der Waals surface area contributed by atoms with Crippen LogP contribution >= 0.6 is 11.8 Å². The minimum absolute atomic E-state index is 0.466. The molecule has 82 valence electrons. The summed E-state index contributed by atoms with van der Waals surface area (Å²) < 4.78 is 0. The smallest absolute Gasteiger partial charge is 0.317 e. The van der Waals surface area contributed by atoms with E-state index in [9.17, 15) is 4.79 Å². The predicted octanol–water partition coefficient (Wildman–Crippen LogP) is 2.05. The highest BCUT2D eigenvalue weighted by molar-refractivity contribution is 8.00. The number of rotatable bonds is 4. The summed E-state index contributed by atoms with van der Waals surface area (Å²) in [6, 6.07) is 1.87. The molecule has 1 rings (SSSR count). The molecule has 0 saturated carbocycles. The van der Waals surface area contributed by atoms with Gasteiger partial charge < -0.3 is 5.11 Å². The summed E-state index contributed by atoms with van der Waals surface area (Å²) in [5.74, 6) is -0.815. The van der Waals surface area contributed by atoms with E-state index in [1.54, 1.807) is 0 Å². The molecule has 0 bridgehead atoms. The van der Waals surface area contributed by atoms with Gasteiger partial charge in [0, 0.05) is 11.4 Å². The largest absolute Gasteiger partial charge is 0.480 e. The number of carboxylic acids is 1. The van der Waals surface area contributed by atoms with Gasteiger partial charge in [-0.3, -0.25) is 4.79 Å². The molecule has 15 heavy (non-hydrogen) atoms. The van der Waals surface area contributed by atoms with Crippen LogP contribution in [0.3, 0.4) is 0 Å². The Balaban J connectivity index is 2.83. The van der Waals surface area contributed by atoms with Gasteiger partial charge in [-0.2, -0.15) is 0 Å². The maximum atomic E-state index is 10.8. The minimum Gasteiger partial charge on any atom is -0.480 e. The second-order valence-electron chi connectivity index (χ2n) is 3.29. The number of thioether (sulfide) groups is 1. The normalized spacial score (nSPS) is 12.5. The van der Waals surface area contributed by atoms with E-state index >= 15 is 0 Å². The number of nitrogens with zero attached hydrogens (tertiary/aromatic N) is 2. The molecule has 0 aromatic carbocycles. The maximum Gasteiger partial charge on any atom is 0.317 e. The molecule has 0 radical (unpaired) electrons. The third-order valence-corrected chi connectivity index (χ3v) is 3.07. The average Bonchev–Trinajstić information content (AvgIpc) is 2.12. The summed E-state index contributed by atoms with van der Waals surface area (Å²) >= 11 is 1.20. The fourth-order valence-corrected chi connectivity index (χ4v) is 2.10. The van der Waals surface area contributed by atoms with Crippen LogP contribution in [0.2, 0.25) is 0 Å². The van der Waals surface area contributed by atoms with Gasteiger partial charge in [-0.05, 0) is 26.3 Å². The van der Waals surface area contributed by atoms with Crippen molar-refractivity contribution in [1.29, 1.82) is 0 Å². The Hall–Kier alpha value is -1.10. The SMILES string of the molecule is CC[C@@H](Sc1nc(C)cc(C)n1)C(=O)O. The van der Waals surface area contributed by atoms with Crippen LogP contribution in [-0.2, 0) is 4.79 Å². The Kier molecular flexibility index (Phi) is 4.08. The number of aryl methyl sites for hydroxylation is 2. The molecule has 0 unspecified atom stereocenters. The first-order valence-corrected chi connectivity index (χ1v) is 5.62. The summed E-state index contributed by atoms with van der Waals surface area (Å²) in [5.41, 5.74) is 1.73. The molecule has 1 heterocycles. The lowest BCUT2D eigenvalue weighted by atomic mass is 10.3. The van der Waals surface area contributed by atoms with Crippen molar-refractivity contribution in [1.82, 2.24) is 9.97 Å². The lowest BCUT2D eigenvalue weighted by Gasteiger charge is -2.08. The van der Waals surface area contributed by atoms with Crippen LogP contribution in [0.5, 0.6) is 0 Å². The van der Waals surface area contributed by atoms with Crippen molar-refractivity contribution in [2.75, 3.05) is 0 Å². The van der Waals surface area contributed by atoms with Crippen molar-refractivity contribution in [2.45, 2.75) is 37.6 Å². The van der Waals surface area contributed by atoms with E-state index in [1.165, 1.54) is 11.8 Å². The van der Waals surface area contributed by atoms with E-state index in [0.29, 0.717) is 11.6 Å². The van der Waals surface area contributed by atoms with E-state index in [4.69, 9.17) is 5.11 Å². The maximum absolute atomic E-state index is 10.8. The minimum atomic E-state index is -0.815. The Morgan fingerprint density at radius 3 is 2.40 bits per heavy atom. The molecule has 0 fully saturated rings. The van der Waals surface area contributed by atoms with Crippen LogP contribution in [0, 0.1) is 13.8 Å². The van der Waals surface area contributed by atoms with Crippen molar-refractivity contribution < 1.29 is 9.90 Å². The summed E-state index contributed by atoms with van der Waals surface area (Å²) in [4.78, 5) is 19.2. The molecule has 0 aliphatic carbocycles. The van der Waals surface area contributed by atoms with Crippen LogP contribution in [0.25, 0.3) is 0 Å². The van der Waals surface area contributed by atoms with Crippen LogP contribution in [0.4, 0.5) is 0 Å². The fraction of sp³-hybridized carbons (Fsp3) is 0.500. The molecular weight excluding hydrogens is 212 g/mol. The van der Waals surface area contributed by atoms with Gasteiger partial charge in [0.2, 0.25) is 0 Å². The standard InChI is InChI=1S/C10H14N2O2S/c1-4-8(9(13)14)15-10-11-6(2)5-7(3)12-10/h5,8H,4H2,1-3H3,(H,13,14)/t8-/m1/s1. The van der Waals surface area contributed by atoms with E-state index < -0.39 is 11.2 Å². The average molecular weight is 226 g/mol. The summed E-state index contributed by atoms with van der Waals surface area (Å²) in [6.45, 7) is 5.59. The van der Waals surface area contributed by atoms with Gasteiger partial charge in [-0.25, -0.2) is 9.97 Å². The van der Waals surface area contributed by atoms with Crippen LogP contribution < -0.4 is 0 Å². The van der Waals surface area contributed by atoms with Crippen molar-refractivity contribution in [3.05, 3.63) is 17.5 Å². The Morgan fingerprint density at radius 2 is 2.00 bits per heavy atom. The second kappa shape index (κ2) is 5.11. The van der Waals surface area contributed by atoms with Gasteiger partial charge in [0.05, 0.1) is 0 Å². The third-order valence-electron chi connectivity index (χ3n) is 1.86.